The van der Waals surface area contributed by atoms with Crippen LogP contribution in [0, 0.1) is 82.6 Å². The third kappa shape index (κ3) is 14.7. The molecule has 256 valence electrons. The Balaban J connectivity index is -0.000000321. The summed E-state index contributed by atoms with van der Waals surface area (Å²) in [5.74, 6) is 4.37. The van der Waals surface area contributed by atoms with Crippen molar-refractivity contribution in [2.24, 2.45) is 5.92 Å². The molecule has 0 bridgehead atoms. The van der Waals surface area contributed by atoms with Crippen molar-refractivity contribution in [3.63, 3.8) is 0 Å². The Labute approximate surface area is 301 Å². The fourth-order valence-electron chi connectivity index (χ4n) is 4.85. The molecular formula is C31H34CoMoNO13. The van der Waals surface area contributed by atoms with Gasteiger partial charge in [0, 0.05) is 43.8 Å². The molecule has 4 heterocycles. The molecule has 14 nitrogen and oxygen atoms in total. The second-order valence-corrected chi connectivity index (χ2v) is 10.6. The maximum Gasteiger partial charge on any atom is 0 e. The number of nitrogens with zero attached hydrogens (tertiary/aromatic N) is 1. The number of rotatable bonds is 2. The number of carbonyl (C=O) groups is 2. The topological polar surface area (TPSA) is 192 Å². The van der Waals surface area contributed by atoms with Gasteiger partial charge in [0.15, 0.2) is 17.9 Å². The van der Waals surface area contributed by atoms with E-state index in [1.54, 1.807) is 20.8 Å². The van der Waals surface area contributed by atoms with E-state index in [9.17, 15) is 9.59 Å². The molecule has 1 saturated carbocycles. The zero-order valence-corrected chi connectivity index (χ0v) is 29.7. The van der Waals surface area contributed by atoms with Crippen molar-refractivity contribution in [3.8, 4) is 11.8 Å². The van der Waals surface area contributed by atoms with Gasteiger partial charge in [-0.3, -0.25) is 4.79 Å². The number of hydrogen-bond donors (Lipinski definition) is 0. The third-order valence-electron chi connectivity index (χ3n) is 6.33. The molecule has 5 rings (SSSR count). The standard InChI is InChI=1S/C17H23O5.C9H11NO3.5CO.Co.Mo/c1-16(2)18-9-11(20-16)13-12(10-7-5-6-8-10)14-15(19-13)22-17(3,4)21-14;1-4-5-7(11)10-8(12)13-6-9(10,2)3;5*1-2;;/h5-8,11-15H,9H2,1-4H3;6H2,1-3H3;;;;;;;/t11-,12+,13+,14+,15+;;;;;;;;/m0......../s1. The number of carbonyl (C=O) groups excluding carboxylic acids is 2. The summed E-state index contributed by atoms with van der Waals surface area (Å²) >= 11 is 0. The maximum absolute atomic E-state index is 11.3. The Bertz CT molecular complexity index is 1080. The summed E-state index contributed by atoms with van der Waals surface area (Å²) in [5.41, 5.74) is -0.585. The van der Waals surface area contributed by atoms with Crippen molar-refractivity contribution in [3.05, 3.63) is 64.9 Å². The normalized spacial score (nSPS) is 27.6. The van der Waals surface area contributed by atoms with Crippen LogP contribution >= 0.6 is 0 Å². The second-order valence-electron chi connectivity index (χ2n) is 10.6. The average molecular weight is 783 g/mol. The Morgan fingerprint density at radius 3 is 1.77 bits per heavy atom. The fraction of sp³-hybridized carbons (Fsp3) is 0.548. The molecule has 0 N–H and O–H groups in total. The van der Waals surface area contributed by atoms with Crippen LogP contribution < -0.4 is 0 Å². The number of fused-ring (bicyclic) bond motifs is 1. The van der Waals surface area contributed by atoms with Crippen molar-refractivity contribution in [1.82, 2.24) is 4.90 Å². The summed E-state index contributed by atoms with van der Waals surface area (Å²) in [6, 6.07) is 0. The minimum Gasteiger partial charge on any atom is 0 e. The Kier molecular flexibility index (Phi) is 27.9. The van der Waals surface area contributed by atoms with Gasteiger partial charge in [-0.25, -0.2) is 9.69 Å². The molecule has 47 heavy (non-hydrogen) atoms. The molecule has 16 heteroatoms. The van der Waals surface area contributed by atoms with E-state index in [2.05, 4.69) is 57.9 Å². The van der Waals surface area contributed by atoms with Crippen LogP contribution in [0.3, 0.4) is 0 Å². The van der Waals surface area contributed by atoms with Gasteiger partial charge in [-0.15, -0.1) is 0 Å². The molecule has 1 aliphatic carbocycles. The Morgan fingerprint density at radius 1 is 0.851 bits per heavy atom. The summed E-state index contributed by atoms with van der Waals surface area (Å²) in [4.78, 5) is 23.5. The second kappa shape index (κ2) is 25.2. The third-order valence-corrected chi connectivity index (χ3v) is 6.33. The van der Waals surface area contributed by atoms with Gasteiger partial charge in [-0.1, -0.05) is 5.92 Å². The van der Waals surface area contributed by atoms with Gasteiger partial charge < -0.3 is 28.4 Å². The molecule has 2 amide bonds. The van der Waals surface area contributed by atoms with Gasteiger partial charge in [0.25, 0.3) is 0 Å². The van der Waals surface area contributed by atoms with E-state index in [0.717, 1.165) is 4.90 Å². The van der Waals surface area contributed by atoms with Crippen molar-refractivity contribution >= 4 is 12.0 Å². The zero-order chi connectivity index (χ0) is 35.6. The first-order valence-electron chi connectivity index (χ1n) is 12.8. The molecule has 5 fully saturated rings. The van der Waals surface area contributed by atoms with Crippen LogP contribution in [-0.4, -0.2) is 71.8 Å². The van der Waals surface area contributed by atoms with Crippen LogP contribution in [0.4, 0.5) is 4.79 Å². The molecule has 5 atom stereocenters. The van der Waals surface area contributed by atoms with Crippen LogP contribution in [0.5, 0.6) is 0 Å². The van der Waals surface area contributed by atoms with Gasteiger partial charge in [0.05, 0.1) is 18.2 Å². The quantitative estimate of drug-likeness (QED) is 0.177. The molecule has 5 aliphatic rings. The fourth-order valence-corrected chi connectivity index (χ4v) is 4.85. The Hall–Kier alpha value is -1.81. The first-order valence-corrected chi connectivity index (χ1v) is 12.8. The number of cyclic esters (lactones) is 1. The first kappa shape index (κ1) is 52.0. The zero-order valence-electron chi connectivity index (χ0n) is 26.6. The molecule has 0 aromatic heterocycles. The van der Waals surface area contributed by atoms with E-state index in [1.165, 1.54) is 5.92 Å². The van der Waals surface area contributed by atoms with E-state index < -0.39 is 29.1 Å². The molecule has 0 unspecified atom stereocenters. The molecule has 0 spiro atoms. The summed E-state index contributed by atoms with van der Waals surface area (Å²) in [6.07, 6.45) is 6.97. The molecule has 4 saturated heterocycles. The van der Waals surface area contributed by atoms with Crippen molar-refractivity contribution < 1.29 is 99.1 Å². The van der Waals surface area contributed by atoms with Gasteiger partial charge >= 0.3 is 68.5 Å². The molecule has 6 radical (unpaired) electrons. The summed E-state index contributed by atoms with van der Waals surface area (Å²) < 4.78 is 72.2. The molecule has 4 aliphatic heterocycles. The van der Waals surface area contributed by atoms with Crippen LogP contribution in [0.25, 0.3) is 0 Å². The predicted octanol–water partition coefficient (Wildman–Crippen LogP) is 2.61. The van der Waals surface area contributed by atoms with Gasteiger partial charge in [-0.2, -0.15) is 0 Å². The summed E-state index contributed by atoms with van der Waals surface area (Å²) in [5, 5.41) is 0. The monoisotopic (exact) mass is 785 g/mol. The minimum absolute atomic E-state index is 0. The first-order chi connectivity index (χ1) is 21.3. The van der Waals surface area contributed by atoms with Gasteiger partial charge in [-0.05, 0) is 86.0 Å². The Morgan fingerprint density at radius 2 is 1.36 bits per heavy atom. The van der Waals surface area contributed by atoms with Crippen LogP contribution in [0.1, 0.15) is 48.5 Å². The molecule has 0 aromatic rings. The van der Waals surface area contributed by atoms with E-state index in [1.807, 2.05) is 40.5 Å². The number of ether oxygens (including phenoxy) is 6. The van der Waals surface area contributed by atoms with E-state index in [0.29, 0.717) is 6.61 Å². The maximum atomic E-state index is 11.3. The smallest absolute Gasteiger partial charge is 0 e. The molecular weight excluding hydrogens is 749 g/mol. The van der Waals surface area contributed by atoms with Gasteiger partial charge in [0.2, 0.25) is 0 Å². The minimum atomic E-state index is -0.614. The summed E-state index contributed by atoms with van der Waals surface area (Å²) in [6.45, 7) is 36.0. The van der Waals surface area contributed by atoms with Crippen LogP contribution in [0.15, 0.2) is 0 Å². The van der Waals surface area contributed by atoms with E-state index in [4.69, 9.17) is 51.7 Å². The van der Waals surface area contributed by atoms with Gasteiger partial charge in [0.1, 0.15) is 18.8 Å². The SMILES string of the molecule is CC#CC(=O)N1C(=O)OCC1(C)C.CC1(C)O[C@H]2O[C@H]([C@@H]3COC(C)(C)O3)[C@@H]([C]3[CH][CH][CH][CH]3)[C@H]2O1.[C-]#[O+].[C-]#[O+].[C-]#[O+].[C-]#[O+].[C-]#[O+].[Co].[Mo]. The van der Waals surface area contributed by atoms with Crippen molar-refractivity contribution in [1.29, 1.82) is 0 Å². The van der Waals surface area contributed by atoms with Crippen molar-refractivity contribution in [2.45, 2.75) is 90.2 Å². The van der Waals surface area contributed by atoms with Crippen LogP contribution in [0.2, 0.25) is 0 Å². The number of hydrogen-bond acceptors (Lipinski definition) is 8. The average Bonchev–Trinajstić information content (AvgIpc) is 3.84. The number of imide groups is 1. The van der Waals surface area contributed by atoms with E-state index in [-0.39, 0.29) is 75.0 Å². The van der Waals surface area contributed by atoms with Crippen LogP contribution in [-0.2, 0) is 94.3 Å². The van der Waals surface area contributed by atoms with Crippen molar-refractivity contribution in [2.75, 3.05) is 13.2 Å². The molecule has 0 aromatic carbocycles. The summed E-state index contributed by atoms with van der Waals surface area (Å²) in [7, 11) is 0. The predicted molar refractivity (Wildman–Crippen MR) is 143 cm³/mol. The van der Waals surface area contributed by atoms with E-state index >= 15 is 0 Å². The largest absolute Gasteiger partial charge is 0 e. The number of amides is 2.